The van der Waals surface area contributed by atoms with Crippen LogP contribution < -0.4 is 5.32 Å². The zero-order valence-corrected chi connectivity index (χ0v) is 16.4. The van der Waals surface area contributed by atoms with Gasteiger partial charge in [-0.1, -0.05) is 30.3 Å². The van der Waals surface area contributed by atoms with Crippen LogP contribution >= 0.6 is 0 Å². The Balaban J connectivity index is 1.80. The van der Waals surface area contributed by atoms with Crippen molar-refractivity contribution in [3.05, 3.63) is 83.9 Å². The van der Waals surface area contributed by atoms with Gasteiger partial charge in [-0.05, 0) is 56.7 Å². The van der Waals surface area contributed by atoms with Gasteiger partial charge >= 0.3 is 5.97 Å². The minimum Gasteiger partial charge on any atom is -0.456 e. The van der Waals surface area contributed by atoms with Crippen LogP contribution in [-0.4, -0.2) is 22.5 Å². The van der Waals surface area contributed by atoms with Crippen molar-refractivity contribution in [2.75, 3.05) is 5.32 Å². The second kappa shape index (κ2) is 8.22. The summed E-state index contributed by atoms with van der Waals surface area (Å²) >= 11 is 0. The number of nitrogens with zero attached hydrogens (tertiary/aromatic N) is 1. The van der Waals surface area contributed by atoms with Gasteiger partial charge in [-0.3, -0.25) is 4.79 Å². The standard InChI is InChI=1S/C23H21FN2O3/c1-23(2,3)29-22(28)16-9-11-18(12-10-16)26-21(27)20-19(13-17(24)14-25-20)15-7-5-4-6-8-15/h4-14H,1-3H3,(H,26,27). The Morgan fingerprint density at radius 3 is 2.28 bits per heavy atom. The van der Waals surface area contributed by atoms with E-state index in [1.165, 1.54) is 6.07 Å². The fourth-order valence-electron chi connectivity index (χ4n) is 2.67. The van der Waals surface area contributed by atoms with Gasteiger partial charge < -0.3 is 10.1 Å². The lowest BCUT2D eigenvalue weighted by Crippen LogP contribution is -2.23. The normalized spacial score (nSPS) is 11.0. The molecule has 29 heavy (non-hydrogen) atoms. The number of rotatable bonds is 4. The van der Waals surface area contributed by atoms with E-state index in [1.807, 2.05) is 6.07 Å². The monoisotopic (exact) mass is 392 g/mol. The first kappa shape index (κ1) is 20.2. The maximum Gasteiger partial charge on any atom is 0.338 e. The lowest BCUT2D eigenvalue weighted by molar-refractivity contribution is 0.00695. The first-order valence-electron chi connectivity index (χ1n) is 9.09. The molecule has 0 saturated carbocycles. The molecule has 0 aliphatic heterocycles. The molecule has 2 aromatic carbocycles. The largest absolute Gasteiger partial charge is 0.456 e. The van der Waals surface area contributed by atoms with Crippen LogP contribution in [-0.2, 0) is 4.74 Å². The molecule has 0 fully saturated rings. The summed E-state index contributed by atoms with van der Waals surface area (Å²) in [6.45, 7) is 5.37. The number of benzene rings is 2. The van der Waals surface area contributed by atoms with Gasteiger partial charge in [-0.2, -0.15) is 0 Å². The molecule has 0 spiro atoms. The number of carbonyl (C=O) groups is 2. The average Bonchev–Trinajstić information content (AvgIpc) is 2.67. The SMILES string of the molecule is CC(C)(C)OC(=O)c1ccc(NC(=O)c2ncc(F)cc2-c2ccccc2)cc1. The van der Waals surface area contributed by atoms with Crippen molar-refractivity contribution >= 4 is 17.6 Å². The van der Waals surface area contributed by atoms with Gasteiger partial charge in [-0.25, -0.2) is 14.2 Å². The number of pyridine rings is 1. The van der Waals surface area contributed by atoms with Crippen molar-refractivity contribution in [2.45, 2.75) is 26.4 Å². The van der Waals surface area contributed by atoms with Crippen molar-refractivity contribution < 1.29 is 18.7 Å². The van der Waals surface area contributed by atoms with Crippen molar-refractivity contribution in [3.63, 3.8) is 0 Å². The topological polar surface area (TPSA) is 68.3 Å². The summed E-state index contributed by atoms with van der Waals surface area (Å²) in [6.07, 6.45) is 1.01. The fourth-order valence-corrected chi connectivity index (χ4v) is 2.67. The molecule has 6 heteroatoms. The Morgan fingerprint density at radius 1 is 1.00 bits per heavy atom. The highest BCUT2D eigenvalue weighted by molar-refractivity contribution is 6.07. The summed E-state index contributed by atoms with van der Waals surface area (Å²) in [6, 6.07) is 16.6. The minimum atomic E-state index is -0.591. The van der Waals surface area contributed by atoms with E-state index in [0.29, 0.717) is 22.4 Å². The molecule has 0 aliphatic carbocycles. The quantitative estimate of drug-likeness (QED) is 0.628. The number of hydrogen-bond donors (Lipinski definition) is 1. The van der Waals surface area contributed by atoms with Crippen LogP contribution in [0.3, 0.4) is 0 Å². The number of halogens is 1. The molecular formula is C23H21FN2O3. The Hall–Kier alpha value is -3.54. The molecule has 3 rings (SSSR count). The van der Waals surface area contributed by atoms with Crippen molar-refractivity contribution in [1.29, 1.82) is 0 Å². The third-order valence-corrected chi connectivity index (χ3v) is 3.93. The second-order valence-electron chi connectivity index (χ2n) is 7.45. The van der Waals surface area contributed by atoms with Crippen molar-refractivity contribution in [1.82, 2.24) is 4.98 Å². The molecule has 0 atom stereocenters. The Bertz CT molecular complexity index is 1030. The molecule has 0 aliphatic rings. The Labute approximate surface area is 168 Å². The van der Waals surface area contributed by atoms with Gasteiger partial charge in [-0.15, -0.1) is 0 Å². The van der Waals surface area contributed by atoms with Gasteiger partial charge in [0.25, 0.3) is 5.91 Å². The Morgan fingerprint density at radius 2 is 1.66 bits per heavy atom. The third kappa shape index (κ3) is 5.25. The summed E-state index contributed by atoms with van der Waals surface area (Å²) in [5.41, 5.74) is 1.45. The van der Waals surface area contributed by atoms with Crippen LogP contribution in [0.25, 0.3) is 11.1 Å². The second-order valence-corrected chi connectivity index (χ2v) is 7.45. The first-order chi connectivity index (χ1) is 13.7. The molecule has 0 bridgehead atoms. The highest BCUT2D eigenvalue weighted by atomic mass is 19.1. The number of hydrogen-bond acceptors (Lipinski definition) is 4. The smallest absolute Gasteiger partial charge is 0.338 e. The van der Waals surface area contributed by atoms with Gasteiger partial charge in [0.15, 0.2) is 0 Å². The third-order valence-electron chi connectivity index (χ3n) is 3.93. The molecular weight excluding hydrogens is 371 g/mol. The van der Waals surface area contributed by atoms with Gasteiger partial charge in [0.2, 0.25) is 0 Å². The number of nitrogens with one attached hydrogen (secondary N) is 1. The maximum absolute atomic E-state index is 13.7. The van der Waals surface area contributed by atoms with E-state index in [0.717, 1.165) is 6.20 Å². The minimum absolute atomic E-state index is 0.105. The van der Waals surface area contributed by atoms with E-state index < -0.39 is 23.3 Å². The van der Waals surface area contributed by atoms with Crippen LogP contribution in [0, 0.1) is 5.82 Å². The summed E-state index contributed by atoms with van der Waals surface area (Å²) < 4.78 is 19.0. The van der Waals surface area contributed by atoms with E-state index >= 15 is 0 Å². The molecule has 5 nitrogen and oxygen atoms in total. The molecule has 1 amide bonds. The molecule has 148 valence electrons. The molecule has 1 heterocycles. The lowest BCUT2D eigenvalue weighted by atomic mass is 10.0. The van der Waals surface area contributed by atoms with Crippen LogP contribution in [0.4, 0.5) is 10.1 Å². The number of esters is 1. The number of carbonyl (C=O) groups excluding carboxylic acids is 2. The van der Waals surface area contributed by atoms with Crippen LogP contribution in [0.15, 0.2) is 66.9 Å². The fraction of sp³-hybridized carbons (Fsp3) is 0.174. The number of aromatic nitrogens is 1. The lowest BCUT2D eigenvalue weighted by Gasteiger charge is -2.19. The molecule has 0 radical (unpaired) electrons. The molecule has 1 N–H and O–H groups in total. The molecule has 1 aromatic heterocycles. The van der Waals surface area contributed by atoms with Crippen LogP contribution in [0.2, 0.25) is 0 Å². The number of amides is 1. The van der Waals surface area contributed by atoms with E-state index in [1.54, 1.807) is 69.3 Å². The van der Waals surface area contributed by atoms with E-state index in [2.05, 4.69) is 10.3 Å². The zero-order chi connectivity index (χ0) is 21.0. The van der Waals surface area contributed by atoms with Gasteiger partial charge in [0.05, 0.1) is 11.8 Å². The van der Waals surface area contributed by atoms with Gasteiger partial charge in [0.1, 0.15) is 17.1 Å². The molecule has 0 unspecified atom stereocenters. The van der Waals surface area contributed by atoms with Gasteiger partial charge in [0, 0.05) is 11.3 Å². The van der Waals surface area contributed by atoms with Crippen LogP contribution in [0.5, 0.6) is 0 Å². The van der Waals surface area contributed by atoms with Crippen molar-refractivity contribution in [2.24, 2.45) is 0 Å². The predicted octanol–water partition coefficient (Wildman–Crippen LogP) is 5.10. The summed E-state index contributed by atoms with van der Waals surface area (Å²) in [5, 5.41) is 2.73. The first-order valence-corrected chi connectivity index (χ1v) is 9.09. The maximum atomic E-state index is 13.7. The highest BCUT2D eigenvalue weighted by Crippen LogP contribution is 2.24. The zero-order valence-electron chi connectivity index (χ0n) is 16.4. The average molecular weight is 392 g/mol. The highest BCUT2D eigenvalue weighted by Gasteiger charge is 2.19. The summed E-state index contributed by atoms with van der Waals surface area (Å²) in [7, 11) is 0. The molecule has 0 saturated heterocycles. The van der Waals surface area contributed by atoms with Crippen molar-refractivity contribution in [3.8, 4) is 11.1 Å². The number of anilines is 1. The summed E-state index contributed by atoms with van der Waals surface area (Å²) in [4.78, 5) is 28.8. The molecule has 3 aromatic rings. The van der Waals surface area contributed by atoms with E-state index in [4.69, 9.17) is 4.74 Å². The number of ether oxygens (including phenoxy) is 1. The van der Waals surface area contributed by atoms with E-state index in [-0.39, 0.29) is 5.69 Å². The summed E-state index contributed by atoms with van der Waals surface area (Å²) in [5.74, 6) is -1.45. The predicted molar refractivity (Wildman–Crippen MR) is 109 cm³/mol. The Kier molecular flexibility index (Phi) is 5.73. The van der Waals surface area contributed by atoms with Crippen LogP contribution in [0.1, 0.15) is 41.6 Å². The van der Waals surface area contributed by atoms with E-state index in [9.17, 15) is 14.0 Å².